The number of ether oxygens (including phenoxy) is 1. The summed E-state index contributed by atoms with van der Waals surface area (Å²) < 4.78 is 10.0. The van der Waals surface area contributed by atoms with Crippen molar-refractivity contribution in [2.75, 3.05) is 7.11 Å². The average molecular weight is 320 g/mol. The smallest absolute Gasteiger partial charge is 0.373 e. The molecule has 0 fully saturated rings. The van der Waals surface area contributed by atoms with Crippen LogP contribution in [0.4, 0.5) is 0 Å². The number of carbonyl (C=O) groups is 1. The lowest BCUT2D eigenvalue weighted by atomic mass is 9.98. The monoisotopic (exact) mass is 320 g/mol. The Labute approximate surface area is 131 Å². The zero-order valence-corrected chi connectivity index (χ0v) is 13.0. The maximum Gasteiger partial charge on any atom is 0.373 e. The van der Waals surface area contributed by atoms with Crippen molar-refractivity contribution in [2.45, 2.75) is 36.5 Å². The number of thioether (sulfide) groups is 1. The van der Waals surface area contributed by atoms with Crippen molar-refractivity contribution in [3.63, 3.8) is 0 Å². The number of nitrogens with one attached hydrogen (secondary N) is 1. The third kappa shape index (κ3) is 3.09. The van der Waals surface area contributed by atoms with Gasteiger partial charge in [0.05, 0.1) is 12.9 Å². The Bertz CT molecular complexity index is 750. The fourth-order valence-electron chi connectivity index (χ4n) is 2.52. The minimum Gasteiger partial charge on any atom is -0.463 e. The molecule has 0 unspecified atom stereocenters. The Morgan fingerprint density at radius 1 is 1.41 bits per heavy atom. The van der Waals surface area contributed by atoms with Crippen LogP contribution in [0.25, 0.3) is 0 Å². The number of nitrogens with zero attached hydrogens (tertiary/aromatic N) is 1. The van der Waals surface area contributed by atoms with E-state index >= 15 is 0 Å². The molecule has 22 heavy (non-hydrogen) atoms. The van der Waals surface area contributed by atoms with Gasteiger partial charge in [0.1, 0.15) is 10.8 Å². The summed E-state index contributed by atoms with van der Waals surface area (Å²) in [5.74, 6) is 0.846. The Kier molecular flexibility index (Phi) is 4.33. The van der Waals surface area contributed by atoms with Gasteiger partial charge in [-0.2, -0.15) is 4.98 Å². The molecule has 6 nitrogen and oxygen atoms in total. The standard InChI is InChI=1S/C15H16N2O4S/c1-20-14(18)12-7-6-9(21-12)8-22-13-10-4-2-3-5-11(10)16-15(19)17-13/h6-7H,2-5,8H2,1H3,(H,16,17,19). The van der Waals surface area contributed by atoms with Crippen molar-refractivity contribution in [2.24, 2.45) is 0 Å². The largest absolute Gasteiger partial charge is 0.463 e. The van der Waals surface area contributed by atoms with Crippen LogP contribution in [-0.4, -0.2) is 23.0 Å². The van der Waals surface area contributed by atoms with Gasteiger partial charge in [-0.3, -0.25) is 0 Å². The lowest BCUT2D eigenvalue weighted by Crippen LogP contribution is -2.19. The number of aromatic amines is 1. The molecular formula is C15H16N2O4S. The number of fused-ring (bicyclic) bond motifs is 1. The average Bonchev–Trinajstić information content (AvgIpc) is 3.00. The normalized spacial score (nSPS) is 13.7. The number of hydrogen-bond acceptors (Lipinski definition) is 6. The number of H-pyrrole nitrogens is 1. The topological polar surface area (TPSA) is 85.2 Å². The fourth-order valence-corrected chi connectivity index (χ4v) is 3.50. The first-order valence-electron chi connectivity index (χ1n) is 7.09. The highest BCUT2D eigenvalue weighted by Crippen LogP contribution is 2.29. The second-order valence-corrected chi connectivity index (χ2v) is 6.02. The molecule has 0 bridgehead atoms. The van der Waals surface area contributed by atoms with Crippen LogP contribution < -0.4 is 5.69 Å². The molecule has 2 aromatic rings. The second-order valence-electron chi connectivity index (χ2n) is 5.06. The van der Waals surface area contributed by atoms with E-state index in [1.54, 1.807) is 12.1 Å². The van der Waals surface area contributed by atoms with E-state index in [2.05, 4.69) is 14.7 Å². The van der Waals surface area contributed by atoms with Crippen molar-refractivity contribution in [1.29, 1.82) is 0 Å². The zero-order valence-electron chi connectivity index (χ0n) is 12.2. The summed E-state index contributed by atoms with van der Waals surface area (Å²) in [4.78, 5) is 29.9. The Morgan fingerprint density at radius 2 is 2.23 bits per heavy atom. The number of aromatic nitrogens is 2. The van der Waals surface area contributed by atoms with Crippen LogP contribution >= 0.6 is 11.8 Å². The summed E-state index contributed by atoms with van der Waals surface area (Å²) in [7, 11) is 1.31. The predicted octanol–water partition coefficient (Wildman–Crippen LogP) is 2.32. The molecule has 2 heterocycles. The maximum absolute atomic E-state index is 11.6. The van der Waals surface area contributed by atoms with Gasteiger partial charge in [0.2, 0.25) is 5.76 Å². The van der Waals surface area contributed by atoms with Crippen LogP contribution in [0.1, 0.15) is 40.4 Å². The van der Waals surface area contributed by atoms with Crippen LogP contribution in [-0.2, 0) is 23.3 Å². The minimum atomic E-state index is -0.497. The molecule has 0 saturated carbocycles. The molecule has 1 aliphatic rings. The summed E-state index contributed by atoms with van der Waals surface area (Å²) in [6, 6.07) is 3.32. The number of hydrogen-bond donors (Lipinski definition) is 1. The van der Waals surface area contributed by atoms with Crippen molar-refractivity contribution in [3.8, 4) is 0 Å². The molecular weight excluding hydrogens is 304 g/mol. The van der Waals surface area contributed by atoms with Gasteiger partial charge in [0.25, 0.3) is 0 Å². The van der Waals surface area contributed by atoms with Gasteiger partial charge in [-0.1, -0.05) is 11.8 Å². The molecule has 0 radical (unpaired) electrons. The molecule has 0 amide bonds. The van der Waals surface area contributed by atoms with Crippen LogP contribution in [0.2, 0.25) is 0 Å². The molecule has 7 heteroatoms. The molecule has 1 aliphatic carbocycles. The summed E-state index contributed by atoms with van der Waals surface area (Å²) in [5, 5.41) is 0.759. The van der Waals surface area contributed by atoms with E-state index in [9.17, 15) is 9.59 Å². The SMILES string of the molecule is COC(=O)c1ccc(CSc2nc(=O)[nH]c3c2CCCC3)o1. The number of methoxy groups -OCH3 is 1. The lowest BCUT2D eigenvalue weighted by molar-refractivity contribution is 0.0563. The van der Waals surface area contributed by atoms with Crippen molar-refractivity contribution < 1.29 is 13.9 Å². The molecule has 2 aromatic heterocycles. The Balaban J connectivity index is 1.76. The van der Waals surface area contributed by atoms with E-state index in [0.717, 1.165) is 42.0 Å². The molecule has 0 aromatic carbocycles. The quantitative estimate of drug-likeness (QED) is 0.528. The molecule has 0 spiro atoms. The van der Waals surface area contributed by atoms with Gasteiger partial charge in [-0.25, -0.2) is 9.59 Å². The molecule has 0 atom stereocenters. The van der Waals surface area contributed by atoms with E-state index in [-0.39, 0.29) is 11.4 Å². The number of aryl methyl sites for hydroxylation is 1. The highest BCUT2D eigenvalue weighted by atomic mass is 32.2. The predicted molar refractivity (Wildman–Crippen MR) is 81.1 cm³/mol. The van der Waals surface area contributed by atoms with Gasteiger partial charge in [0.15, 0.2) is 0 Å². The second kappa shape index (κ2) is 6.39. The van der Waals surface area contributed by atoms with E-state index < -0.39 is 5.97 Å². The Hall–Kier alpha value is -2.02. The Morgan fingerprint density at radius 3 is 3.05 bits per heavy atom. The van der Waals surface area contributed by atoms with Crippen LogP contribution in [0.3, 0.4) is 0 Å². The van der Waals surface area contributed by atoms with E-state index in [1.165, 1.54) is 18.9 Å². The third-order valence-corrected chi connectivity index (χ3v) is 4.63. The van der Waals surface area contributed by atoms with E-state index in [1.807, 2.05) is 0 Å². The summed E-state index contributed by atoms with van der Waals surface area (Å²) in [5.41, 5.74) is 1.83. The number of carbonyl (C=O) groups excluding carboxylic acids is 1. The summed E-state index contributed by atoms with van der Waals surface area (Å²) in [6.07, 6.45) is 4.04. The van der Waals surface area contributed by atoms with Crippen molar-refractivity contribution in [1.82, 2.24) is 9.97 Å². The highest BCUT2D eigenvalue weighted by molar-refractivity contribution is 7.98. The minimum absolute atomic E-state index is 0.180. The van der Waals surface area contributed by atoms with Gasteiger partial charge >= 0.3 is 11.7 Å². The first kappa shape index (κ1) is 14.9. The number of rotatable bonds is 4. The van der Waals surface area contributed by atoms with Gasteiger partial charge < -0.3 is 14.1 Å². The molecule has 0 aliphatic heterocycles. The lowest BCUT2D eigenvalue weighted by Gasteiger charge is -2.17. The summed E-state index contributed by atoms with van der Waals surface area (Å²) in [6.45, 7) is 0. The van der Waals surface area contributed by atoms with Gasteiger partial charge in [0, 0.05) is 11.3 Å². The first-order valence-corrected chi connectivity index (χ1v) is 8.08. The highest BCUT2D eigenvalue weighted by Gasteiger charge is 2.17. The molecule has 0 saturated heterocycles. The van der Waals surface area contributed by atoms with Crippen LogP contribution in [0.5, 0.6) is 0 Å². The summed E-state index contributed by atoms with van der Waals surface area (Å²) >= 11 is 1.46. The van der Waals surface area contributed by atoms with E-state index in [4.69, 9.17) is 4.42 Å². The molecule has 1 N–H and O–H groups in total. The zero-order chi connectivity index (χ0) is 15.5. The molecule has 116 valence electrons. The molecule has 3 rings (SSSR count). The number of esters is 1. The van der Waals surface area contributed by atoms with Crippen LogP contribution in [0, 0.1) is 0 Å². The fraction of sp³-hybridized carbons (Fsp3) is 0.400. The third-order valence-electron chi connectivity index (χ3n) is 3.59. The first-order chi connectivity index (χ1) is 10.7. The number of furan rings is 1. The maximum atomic E-state index is 11.6. The van der Waals surface area contributed by atoms with Crippen LogP contribution in [0.15, 0.2) is 26.4 Å². The van der Waals surface area contributed by atoms with Gasteiger partial charge in [-0.15, -0.1) is 0 Å². The van der Waals surface area contributed by atoms with E-state index in [0.29, 0.717) is 11.5 Å². The van der Waals surface area contributed by atoms with Gasteiger partial charge in [-0.05, 0) is 37.8 Å². The van der Waals surface area contributed by atoms with Crippen molar-refractivity contribution in [3.05, 3.63) is 45.4 Å². The van der Waals surface area contributed by atoms with Crippen molar-refractivity contribution >= 4 is 17.7 Å².